The number of amides is 2. The van der Waals surface area contributed by atoms with Gasteiger partial charge in [-0.3, -0.25) is 4.79 Å². The van der Waals surface area contributed by atoms with Gasteiger partial charge < -0.3 is 29.1 Å². The topological polar surface area (TPSA) is 106 Å². The number of ether oxygens (including phenoxy) is 3. The summed E-state index contributed by atoms with van der Waals surface area (Å²) < 4.78 is 16.2. The first-order chi connectivity index (χ1) is 13.2. The Bertz CT molecular complexity index is 787. The number of benzene rings is 1. The quantitative estimate of drug-likeness (QED) is 0.815. The zero-order valence-electron chi connectivity index (χ0n) is 16.1. The zero-order chi connectivity index (χ0) is 20.5. The first-order valence-corrected chi connectivity index (χ1v) is 9.07. The van der Waals surface area contributed by atoms with Crippen LogP contribution in [-0.4, -0.2) is 77.4 Å². The molecule has 2 heterocycles. The van der Waals surface area contributed by atoms with Gasteiger partial charge in [0.25, 0.3) is 5.91 Å². The van der Waals surface area contributed by atoms with Crippen molar-refractivity contribution in [2.75, 3.05) is 32.8 Å². The molecule has 152 valence electrons. The lowest BCUT2D eigenvalue weighted by Gasteiger charge is -2.39. The van der Waals surface area contributed by atoms with Crippen LogP contribution in [0.1, 0.15) is 31.1 Å². The number of nitrogens with zero attached hydrogens (tertiary/aromatic N) is 2. The van der Waals surface area contributed by atoms with Crippen molar-refractivity contribution in [1.29, 1.82) is 0 Å². The summed E-state index contributed by atoms with van der Waals surface area (Å²) in [6.07, 6.45) is -0.592. The minimum absolute atomic E-state index is 0.0868. The van der Waals surface area contributed by atoms with Crippen LogP contribution in [0.25, 0.3) is 0 Å². The van der Waals surface area contributed by atoms with Crippen molar-refractivity contribution in [3.63, 3.8) is 0 Å². The maximum absolute atomic E-state index is 12.9. The maximum atomic E-state index is 12.9. The number of aliphatic carboxylic acids is 1. The second kappa shape index (κ2) is 7.57. The van der Waals surface area contributed by atoms with Crippen LogP contribution in [0.3, 0.4) is 0 Å². The Kier molecular flexibility index (Phi) is 5.35. The molecule has 9 nitrogen and oxygen atoms in total. The second-order valence-corrected chi connectivity index (χ2v) is 7.64. The Balaban J connectivity index is 1.75. The fourth-order valence-corrected chi connectivity index (χ4v) is 3.07. The second-order valence-electron chi connectivity index (χ2n) is 7.64. The molecule has 1 aromatic carbocycles. The van der Waals surface area contributed by atoms with Gasteiger partial charge in [-0.25, -0.2) is 9.59 Å². The smallest absolute Gasteiger partial charge is 0.410 e. The third kappa shape index (κ3) is 4.29. The number of carboxylic acids is 1. The van der Waals surface area contributed by atoms with Gasteiger partial charge in [0, 0.05) is 18.7 Å². The van der Waals surface area contributed by atoms with Gasteiger partial charge in [-0.05, 0) is 39.0 Å². The molecule has 1 atom stereocenters. The minimum atomic E-state index is -1.18. The maximum Gasteiger partial charge on any atom is 0.410 e. The number of rotatable bonds is 2. The van der Waals surface area contributed by atoms with E-state index in [0.717, 1.165) is 0 Å². The molecule has 1 fully saturated rings. The van der Waals surface area contributed by atoms with Gasteiger partial charge in [0.05, 0.1) is 6.54 Å². The van der Waals surface area contributed by atoms with Gasteiger partial charge in [-0.2, -0.15) is 0 Å². The van der Waals surface area contributed by atoms with E-state index in [1.165, 1.54) is 9.80 Å². The summed E-state index contributed by atoms with van der Waals surface area (Å²) in [5.41, 5.74) is -0.380. The summed E-state index contributed by atoms with van der Waals surface area (Å²) in [5.74, 6) is -0.615. The molecule has 0 aromatic heterocycles. The highest BCUT2D eigenvalue weighted by atomic mass is 16.6. The molecule has 9 heteroatoms. The van der Waals surface area contributed by atoms with E-state index < -0.39 is 29.6 Å². The van der Waals surface area contributed by atoms with Crippen LogP contribution in [0.5, 0.6) is 11.5 Å². The molecule has 28 heavy (non-hydrogen) atoms. The molecule has 1 N–H and O–H groups in total. The molecule has 0 bridgehead atoms. The first kappa shape index (κ1) is 19.8. The summed E-state index contributed by atoms with van der Waals surface area (Å²) in [4.78, 5) is 39.5. The van der Waals surface area contributed by atoms with Crippen LogP contribution >= 0.6 is 0 Å². The summed E-state index contributed by atoms with van der Waals surface area (Å²) in [6, 6.07) is 3.60. The Hall–Kier alpha value is -2.97. The normalized spacial score (nSPS) is 19.2. The molecular formula is C19H24N2O7. The summed E-state index contributed by atoms with van der Waals surface area (Å²) >= 11 is 0. The summed E-state index contributed by atoms with van der Waals surface area (Å²) in [6.45, 7) is 6.17. The number of hydrogen-bond donors (Lipinski definition) is 1. The molecule has 2 aliphatic rings. The highest BCUT2D eigenvalue weighted by Gasteiger charge is 2.38. The Morgan fingerprint density at radius 1 is 1.11 bits per heavy atom. The van der Waals surface area contributed by atoms with E-state index >= 15 is 0 Å². The first-order valence-electron chi connectivity index (χ1n) is 9.07. The fourth-order valence-electron chi connectivity index (χ4n) is 3.07. The molecule has 2 aliphatic heterocycles. The average Bonchev–Trinajstić information content (AvgIpc) is 2.65. The van der Waals surface area contributed by atoms with Crippen LogP contribution in [-0.2, 0) is 9.53 Å². The number of piperazine rings is 1. The van der Waals surface area contributed by atoms with Crippen molar-refractivity contribution in [2.45, 2.75) is 32.4 Å². The van der Waals surface area contributed by atoms with Crippen LogP contribution in [0.15, 0.2) is 18.2 Å². The molecule has 1 aromatic rings. The predicted octanol–water partition coefficient (Wildman–Crippen LogP) is 1.60. The van der Waals surface area contributed by atoms with Crippen molar-refractivity contribution in [3.8, 4) is 11.5 Å². The SMILES string of the molecule is CC(C)(C)OC(=O)N1CCN(C(=O)c2ccc3c(c2)OCCO3)[C@@H](C(=O)O)C1. The lowest BCUT2D eigenvalue weighted by molar-refractivity contribution is -0.144. The van der Waals surface area contributed by atoms with Crippen LogP contribution in [0.4, 0.5) is 4.79 Å². The number of hydrogen-bond acceptors (Lipinski definition) is 6. The van der Waals surface area contributed by atoms with Crippen molar-refractivity contribution >= 4 is 18.0 Å². The van der Waals surface area contributed by atoms with Gasteiger partial charge in [0.15, 0.2) is 11.5 Å². The number of carbonyl (C=O) groups is 3. The molecular weight excluding hydrogens is 368 g/mol. The van der Waals surface area contributed by atoms with Crippen molar-refractivity contribution < 1.29 is 33.7 Å². The standard InChI is InChI=1S/C19H24N2O7/c1-19(2,3)28-18(25)20-6-7-21(13(11-20)17(23)24)16(22)12-4-5-14-15(10-12)27-9-8-26-14/h4-5,10,13H,6-9,11H2,1-3H3,(H,23,24)/t13-/m1/s1. The number of carboxylic acid groups (broad SMARTS) is 1. The highest BCUT2D eigenvalue weighted by molar-refractivity contribution is 5.97. The molecule has 0 unspecified atom stereocenters. The molecule has 3 rings (SSSR count). The van der Waals surface area contributed by atoms with Gasteiger partial charge in [-0.15, -0.1) is 0 Å². The van der Waals surface area contributed by atoms with E-state index in [1.54, 1.807) is 39.0 Å². The van der Waals surface area contributed by atoms with Crippen LogP contribution in [0, 0.1) is 0 Å². The molecule has 1 saturated heterocycles. The summed E-state index contributed by atoms with van der Waals surface area (Å²) in [7, 11) is 0. The number of fused-ring (bicyclic) bond motifs is 1. The van der Waals surface area contributed by atoms with E-state index in [4.69, 9.17) is 14.2 Å². The van der Waals surface area contributed by atoms with E-state index in [9.17, 15) is 19.5 Å². The van der Waals surface area contributed by atoms with E-state index in [-0.39, 0.29) is 19.6 Å². The molecule has 0 aliphatic carbocycles. The minimum Gasteiger partial charge on any atom is -0.486 e. The van der Waals surface area contributed by atoms with E-state index in [1.807, 2.05) is 0 Å². The highest BCUT2D eigenvalue weighted by Crippen LogP contribution is 2.31. The zero-order valence-corrected chi connectivity index (χ0v) is 16.1. The molecule has 0 radical (unpaired) electrons. The molecule has 0 saturated carbocycles. The van der Waals surface area contributed by atoms with Crippen LogP contribution in [0.2, 0.25) is 0 Å². The van der Waals surface area contributed by atoms with Gasteiger partial charge in [0.1, 0.15) is 24.9 Å². The van der Waals surface area contributed by atoms with Gasteiger partial charge in [-0.1, -0.05) is 0 Å². The van der Waals surface area contributed by atoms with Gasteiger partial charge in [0.2, 0.25) is 0 Å². The number of carbonyl (C=O) groups excluding carboxylic acids is 2. The van der Waals surface area contributed by atoms with Crippen LogP contribution < -0.4 is 9.47 Å². The largest absolute Gasteiger partial charge is 0.486 e. The lowest BCUT2D eigenvalue weighted by Crippen LogP contribution is -2.59. The fraction of sp³-hybridized carbons (Fsp3) is 0.526. The third-order valence-electron chi connectivity index (χ3n) is 4.37. The molecule has 0 spiro atoms. The van der Waals surface area contributed by atoms with E-state index in [2.05, 4.69) is 0 Å². The third-order valence-corrected chi connectivity index (χ3v) is 4.37. The molecule has 2 amide bonds. The average molecular weight is 392 g/mol. The van der Waals surface area contributed by atoms with Crippen molar-refractivity contribution in [3.05, 3.63) is 23.8 Å². The monoisotopic (exact) mass is 392 g/mol. The Morgan fingerprint density at radius 2 is 1.79 bits per heavy atom. The summed E-state index contributed by atoms with van der Waals surface area (Å²) in [5, 5.41) is 9.61. The lowest BCUT2D eigenvalue weighted by atomic mass is 10.1. The van der Waals surface area contributed by atoms with Gasteiger partial charge >= 0.3 is 12.1 Å². The van der Waals surface area contributed by atoms with Crippen molar-refractivity contribution in [1.82, 2.24) is 9.80 Å². The predicted molar refractivity (Wildman–Crippen MR) is 97.7 cm³/mol. The van der Waals surface area contributed by atoms with Crippen molar-refractivity contribution in [2.24, 2.45) is 0 Å². The van der Waals surface area contributed by atoms with E-state index in [0.29, 0.717) is 30.3 Å². The Morgan fingerprint density at radius 3 is 2.43 bits per heavy atom. The Labute approximate surface area is 162 Å².